The molecule has 0 unspecified atom stereocenters. The number of halogens is 4. The molecule has 30 heavy (non-hydrogen) atoms. The summed E-state index contributed by atoms with van der Waals surface area (Å²) < 4.78 is 42.5. The van der Waals surface area contributed by atoms with Gasteiger partial charge in [-0.25, -0.2) is 4.68 Å². The van der Waals surface area contributed by atoms with Crippen LogP contribution >= 0.6 is 11.6 Å². The number of piperidine rings is 1. The van der Waals surface area contributed by atoms with Crippen LogP contribution in [0, 0.1) is 0 Å². The van der Waals surface area contributed by atoms with Crippen molar-refractivity contribution in [3.05, 3.63) is 46.6 Å². The minimum atomic E-state index is -4.52. The van der Waals surface area contributed by atoms with Crippen LogP contribution in [0.3, 0.4) is 0 Å². The Morgan fingerprint density at radius 3 is 2.67 bits per heavy atom. The molecule has 0 saturated carbocycles. The number of benzene rings is 1. The van der Waals surface area contributed by atoms with Crippen molar-refractivity contribution in [1.29, 1.82) is 0 Å². The fourth-order valence-corrected chi connectivity index (χ4v) is 4.72. The van der Waals surface area contributed by atoms with Crippen molar-refractivity contribution >= 4 is 23.3 Å². The molecule has 1 N–H and O–H groups in total. The molecule has 3 heterocycles. The molecule has 4 rings (SSSR count). The van der Waals surface area contributed by atoms with Gasteiger partial charge in [0, 0.05) is 19.0 Å². The minimum Gasteiger partial charge on any atom is -0.362 e. The van der Waals surface area contributed by atoms with Gasteiger partial charge in [-0.2, -0.15) is 18.3 Å². The molecule has 1 fully saturated rings. The van der Waals surface area contributed by atoms with E-state index in [1.54, 1.807) is 29.2 Å². The number of amides is 1. The molecule has 0 spiro atoms. The first kappa shape index (κ1) is 21.0. The summed E-state index contributed by atoms with van der Waals surface area (Å²) >= 11 is 6.45. The van der Waals surface area contributed by atoms with Gasteiger partial charge in [-0.15, -0.1) is 0 Å². The third kappa shape index (κ3) is 3.77. The number of nitrogens with zero attached hydrogens (tertiary/aromatic N) is 3. The Hall–Kier alpha value is -2.22. The molecule has 9 heteroatoms. The lowest BCUT2D eigenvalue weighted by molar-refractivity contribution is -0.173. The Morgan fingerprint density at radius 1 is 1.27 bits per heavy atom. The van der Waals surface area contributed by atoms with Crippen molar-refractivity contribution in [2.45, 2.75) is 63.3 Å². The quantitative estimate of drug-likeness (QED) is 0.675. The first-order valence-corrected chi connectivity index (χ1v) is 10.7. The number of hydrogen-bond donors (Lipinski definition) is 1. The Bertz CT molecular complexity index is 915. The lowest BCUT2D eigenvalue weighted by Gasteiger charge is -2.34. The second-order valence-electron chi connectivity index (χ2n) is 7.91. The van der Waals surface area contributed by atoms with Gasteiger partial charge in [-0.1, -0.05) is 48.9 Å². The molecule has 2 aliphatic rings. The lowest BCUT2D eigenvalue weighted by atomic mass is 9.97. The van der Waals surface area contributed by atoms with Crippen LogP contribution in [0.4, 0.5) is 19.0 Å². The van der Waals surface area contributed by atoms with Gasteiger partial charge in [0.25, 0.3) is 5.91 Å². The number of alkyl halides is 3. The van der Waals surface area contributed by atoms with Gasteiger partial charge in [-0.3, -0.25) is 4.79 Å². The van der Waals surface area contributed by atoms with Crippen molar-refractivity contribution in [2.24, 2.45) is 0 Å². The number of likely N-dealkylation sites (tertiary alicyclic amines) is 1. The molecule has 0 bridgehead atoms. The molecule has 162 valence electrons. The SMILES string of the molecule is CC[C@@H]1CCCCN1C(=O)c1nn2c(c1Cl)N[C@@H](c1ccccc1)C[C@H]2C(F)(F)F. The molecule has 1 aromatic heterocycles. The van der Waals surface area contributed by atoms with Crippen LogP contribution in [0.15, 0.2) is 30.3 Å². The van der Waals surface area contributed by atoms with E-state index in [-0.39, 0.29) is 29.0 Å². The van der Waals surface area contributed by atoms with Gasteiger partial charge in [-0.05, 0) is 31.2 Å². The molecule has 0 aliphatic carbocycles. The summed E-state index contributed by atoms with van der Waals surface area (Å²) in [4.78, 5) is 14.9. The van der Waals surface area contributed by atoms with Crippen LogP contribution in [-0.2, 0) is 0 Å². The van der Waals surface area contributed by atoms with E-state index in [2.05, 4.69) is 10.4 Å². The van der Waals surface area contributed by atoms with Crippen molar-refractivity contribution in [2.75, 3.05) is 11.9 Å². The molecule has 0 radical (unpaired) electrons. The molecular formula is C21H24ClF3N4O. The molecule has 1 saturated heterocycles. The normalized spacial score (nSPS) is 24.3. The molecular weight excluding hydrogens is 417 g/mol. The van der Waals surface area contributed by atoms with Gasteiger partial charge in [0.2, 0.25) is 0 Å². The van der Waals surface area contributed by atoms with E-state index in [4.69, 9.17) is 11.6 Å². The summed E-state index contributed by atoms with van der Waals surface area (Å²) in [6, 6.07) is 6.54. The van der Waals surface area contributed by atoms with Gasteiger partial charge in [0.05, 0.1) is 6.04 Å². The van der Waals surface area contributed by atoms with Gasteiger partial charge in [0.15, 0.2) is 11.7 Å². The number of carbonyl (C=O) groups excluding carboxylic acids is 1. The number of aromatic nitrogens is 2. The van der Waals surface area contributed by atoms with Crippen molar-refractivity contribution in [3.63, 3.8) is 0 Å². The second kappa shape index (κ2) is 8.13. The maximum absolute atomic E-state index is 13.9. The summed E-state index contributed by atoms with van der Waals surface area (Å²) in [7, 11) is 0. The second-order valence-corrected chi connectivity index (χ2v) is 8.29. The van der Waals surface area contributed by atoms with Crippen LogP contribution in [0.1, 0.15) is 67.2 Å². The van der Waals surface area contributed by atoms with E-state index in [0.717, 1.165) is 35.9 Å². The number of nitrogens with one attached hydrogen (secondary N) is 1. The summed E-state index contributed by atoms with van der Waals surface area (Å²) in [5, 5.41) is 7.12. The molecule has 5 nitrogen and oxygen atoms in total. The lowest BCUT2D eigenvalue weighted by Crippen LogP contribution is -2.43. The number of carbonyl (C=O) groups is 1. The van der Waals surface area contributed by atoms with E-state index in [0.29, 0.717) is 6.54 Å². The van der Waals surface area contributed by atoms with E-state index < -0.39 is 24.2 Å². The largest absolute Gasteiger partial charge is 0.410 e. The summed E-state index contributed by atoms with van der Waals surface area (Å²) in [5.74, 6) is -0.347. The Balaban J connectivity index is 1.72. The van der Waals surface area contributed by atoms with Crippen LogP contribution in [-0.4, -0.2) is 39.4 Å². The minimum absolute atomic E-state index is 0.0460. The van der Waals surface area contributed by atoms with Crippen LogP contribution in [0.25, 0.3) is 0 Å². The highest BCUT2D eigenvalue weighted by molar-refractivity contribution is 6.36. The third-order valence-electron chi connectivity index (χ3n) is 6.06. The first-order chi connectivity index (χ1) is 14.3. The number of fused-ring (bicyclic) bond motifs is 1. The first-order valence-electron chi connectivity index (χ1n) is 10.3. The topological polar surface area (TPSA) is 50.2 Å². The molecule has 1 amide bonds. The monoisotopic (exact) mass is 440 g/mol. The highest BCUT2D eigenvalue weighted by atomic mass is 35.5. The van der Waals surface area contributed by atoms with Crippen LogP contribution in [0.2, 0.25) is 5.02 Å². The highest BCUT2D eigenvalue weighted by Crippen LogP contribution is 2.46. The van der Waals surface area contributed by atoms with Crippen LogP contribution in [0.5, 0.6) is 0 Å². The Labute approximate surface area is 178 Å². The smallest absolute Gasteiger partial charge is 0.362 e. The van der Waals surface area contributed by atoms with Crippen molar-refractivity contribution in [3.8, 4) is 0 Å². The number of hydrogen-bond acceptors (Lipinski definition) is 3. The maximum atomic E-state index is 13.9. The Morgan fingerprint density at radius 2 is 2.00 bits per heavy atom. The summed E-state index contributed by atoms with van der Waals surface area (Å²) in [6.07, 6.45) is -1.17. The van der Waals surface area contributed by atoms with E-state index >= 15 is 0 Å². The molecule has 2 aliphatic heterocycles. The van der Waals surface area contributed by atoms with Crippen LogP contribution < -0.4 is 5.32 Å². The Kier molecular flexibility index (Phi) is 5.70. The van der Waals surface area contributed by atoms with Crippen molar-refractivity contribution < 1.29 is 18.0 Å². The van der Waals surface area contributed by atoms with Gasteiger partial charge in [0.1, 0.15) is 10.8 Å². The highest BCUT2D eigenvalue weighted by Gasteiger charge is 2.48. The fraction of sp³-hybridized carbons (Fsp3) is 0.524. The molecule has 2 aromatic rings. The predicted octanol–water partition coefficient (Wildman–Crippen LogP) is 5.60. The van der Waals surface area contributed by atoms with E-state index in [9.17, 15) is 18.0 Å². The average molecular weight is 441 g/mol. The van der Waals surface area contributed by atoms with Gasteiger partial charge < -0.3 is 10.2 Å². The predicted molar refractivity (Wildman–Crippen MR) is 109 cm³/mol. The summed E-state index contributed by atoms with van der Waals surface area (Å²) in [6.45, 7) is 2.57. The molecule has 1 aromatic carbocycles. The third-order valence-corrected chi connectivity index (χ3v) is 6.42. The van der Waals surface area contributed by atoms with E-state index in [1.165, 1.54) is 0 Å². The van der Waals surface area contributed by atoms with Gasteiger partial charge >= 0.3 is 6.18 Å². The number of anilines is 1. The zero-order chi connectivity index (χ0) is 21.5. The summed E-state index contributed by atoms with van der Waals surface area (Å²) in [5.41, 5.74) is 0.618. The molecule has 3 atom stereocenters. The number of rotatable bonds is 3. The average Bonchev–Trinajstić information content (AvgIpc) is 3.09. The zero-order valence-electron chi connectivity index (χ0n) is 16.6. The zero-order valence-corrected chi connectivity index (χ0v) is 17.4. The van der Waals surface area contributed by atoms with Crippen molar-refractivity contribution in [1.82, 2.24) is 14.7 Å². The maximum Gasteiger partial charge on any atom is 0.410 e. The standard InChI is InChI=1S/C21H24ClF3N4O/c1-2-14-10-6-7-11-28(14)20(30)18-17(22)19-26-15(13-8-4-3-5-9-13)12-16(21(23,24)25)29(19)27-18/h3-5,8-9,14-16,26H,2,6-7,10-12H2,1H3/t14-,15-,16+/m1/s1. The fourth-order valence-electron chi connectivity index (χ4n) is 4.46. The van der Waals surface area contributed by atoms with E-state index in [1.807, 2.05) is 13.0 Å².